The van der Waals surface area contributed by atoms with Crippen LogP contribution in [0.3, 0.4) is 0 Å². The predicted octanol–water partition coefficient (Wildman–Crippen LogP) is 5.04. The van der Waals surface area contributed by atoms with Crippen LogP contribution < -0.4 is 10.1 Å². The van der Waals surface area contributed by atoms with Crippen molar-refractivity contribution in [1.82, 2.24) is 5.32 Å². The van der Waals surface area contributed by atoms with E-state index in [4.69, 9.17) is 16.3 Å². The van der Waals surface area contributed by atoms with Gasteiger partial charge in [0.15, 0.2) is 0 Å². The Labute approximate surface area is 145 Å². The van der Waals surface area contributed by atoms with E-state index in [1.165, 1.54) is 9.13 Å². The SMILES string of the molecule is CCCNC(c1cccc(I)c1)c1ccc(Cl)c(OC)c1. The zero-order valence-electron chi connectivity index (χ0n) is 12.2. The number of nitrogens with one attached hydrogen (secondary N) is 1. The zero-order valence-corrected chi connectivity index (χ0v) is 15.1. The molecule has 0 bridgehead atoms. The van der Waals surface area contributed by atoms with E-state index in [2.05, 4.69) is 65.2 Å². The Kier molecular flexibility index (Phi) is 6.33. The van der Waals surface area contributed by atoms with E-state index in [-0.39, 0.29) is 6.04 Å². The van der Waals surface area contributed by atoms with Gasteiger partial charge in [-0.1, -0.05) is 36.7 Å². The largest absolute Gasteiger partial charge is 0.495 e. The van der Waals surface area contributed by atoms with Crippen molar-refractivity contribution in [1.29, 1.82) is 0 Å². The van der Waals surface area contributed by atoms with Crippen LogP contribution in [0.15, 0.2) is 42.5 Å². The summed E-state index contributed by atoms with van der Waals surface area (Å²) in [5.41, 5.74) is 2.41. The lowest BCUT2D eigenvalue weighted by molar-refractivity contribution is 0.414. The van der Waals surface area contributed by atoms with Gasteiger partial charge in [-0.15, -0.1) is 0 Å². The molecule has 0 heterocycles. The quantitative estimate of drug-likeness (QED) is 0.667. The Morgan fingerprint density at radius 2 is 1.95 bits per heavy atom. The van der Waals surface area contributed by atoms with Crippen LogP contribution in [0.4, 0.5) is 0 Å². The third-order valence-electron chi connectivity index (χ3n) is 3.29. The minimum absolute atomic E-state index is 0.144. The van der Waals surface area contributed by atoms with Crippen LogP contribution in [0.2, 0.25) is 5.02 Å². The molecule has 112 valence electrons. The normalized spacial score (nSPS) is 12.2. The van der Waals surface area contributed by atoms with Crippen LogP contribution in [-0.2, 0) is 0 Å². The maximum atomic E-state index is 6.13. The smallest absolute Gasteiger partial charge is 0.137 e. The highest BCUT2D eigenvalue weighted by atomic mass is 127. The van der Waals surface area contributed by atoms with Gasteiger partial charge in [-0.3, -0.25) is 0 Å². The lowest BCUT2D eigenvalue weighted by atomic mass is 9.98. The monoisotopic (exact) mass is 415 g/mol. The molecule has 2 aromatic rings. The first-order chi connectivity index (χ1) is 10.2. The molecule has 0 aromatic heterocycles. The number of methoxy groups -OCH3 is 1. The number of benzene rings is 2. The van der Waals surface area contributed by atoms with Gasteiger partial charge < -0.3 is 10.1 Å². The maximum Gasteiger partial charge on any atom is 0.137 e. The Morgan fingerprint density at radius 1 is 1.19 bits per heavy atom. The summed E-state index contributed by atoms with van der Waals surface area (Å²) >= 11 is 8.47. The first-order valence-electron chi connectivity index (χ1n) is 6.98. The molecule has 1 N–H and O–H groups in total. The van der Waals surface area contributed by atoms with Gasteiger partial charge in [0.1, 0.15) is 5.75 Å². The molecule has 21 heavy (non-hydrogen) atoms. The van der Waals surface area contributed by atoms with Gasteiger partial charge in [-0.05, 0) is 70.9 Å². The fourth-order valence-electron chi connectivity index (χ4n) is 2.26. The molecule has 0 aliphatic rings. The number of rotatable bonds is 6. The lowest BCUT2D eigenvalue weighted by Gasteiger charge is -2.21. The van der Waals surface area contributed by atoms with E-state index in [1.54, 1.807) is 7.11 Å². The van der Waals surface area contributed by atoms with E-state index in [9.17, 15) is 0 Å². The second-order valence-corrected chi connectivity index (χ2v) is 6.49. The van der Waals surface area contributed by atoms with Gasteiger partial charge in [0.2, 0.25) is 0 Å². The highest BCUT2D eigenvalue weighted by Crippen LogP contribution is 2.31. The average molecular weight is 416 g/mol. The topological polar surface area (TPSA) is 21.3 Å². The first kappa shape index (κ1) is 16.6. The summed E-state index contributed by atoms with van der Waals surface area (Å²) in [5, 5.41) is 4.24. The van der Waals surface area contributed by atoms with Crippen LogP contribution in [0.1, 0.15) is 30.5 Å². The number of hydrogen-bond donors (Lipinski definition) is 1. The van der Waals surface area contributed by atoms with Crippen molar-refractivity contribution in [3.05, 3.63) is 62.2 Å². The number of halogens is 2. The second-order valence-electron chi connectivity index (χ2n) is 4.84. The van der Waals surface area contributed by atoms with Crippen molar-refractivity contribution in [3.63, 3.8) is 0 Å². The Hall–Kier alpha value is -0.780. The minimum Gasteiger partial charge on any atom is -0.495 e. The highest BCUT2D eigenvalue weighted by Gasteiger charge is 2.15. The minimum atomic E-state index is 0.144. The molecular formula is C17H19ClINO. The van der Waals surface area contributed by atoms with Gasteiger partial charge in [-0.2, -0.15) is 0 Å². The van der Waals surface area contributed by atoms with Crippen molar-refractivity contribution in [2.24, 2.45) is 0 Å². The molecule has 1 atom stereocenters. The van der Waals surface area contributed by atoms with Crippen molar-refractivity contribution >= 4 is 34.2 Å². The molecule has 0 spiro atoms. The summed E-state index contributed by atoms with van der Waals surface area (Å²) in [5.74, 6) is 0.711. The molecule has 0 amide bonds. The molecule has 0 aliphatic carbocycles. The van der Waals surface area contributed by atoms with E-state index >= 15 is 0 Å². The molecule has 0 saturated carbocycles. The molecular weight excluding hydrogens is 397 g/mol. The fourth-order valence-corrected chi connectivity index (χ4v) is 3.02. The van der Waals surface area contributed by atoms with Crippen molar-refractivity contribution in [3.8, 4) is 5.75 Å². The summed E-state index contributed by atoms with van der Waals surface area (Å²) in [6.45, 7) is 3.13. The van der Waals surface area contributed by atoms with E-state index in [0.717, 1.165) is 18.5 Å². The van der Waals surface area contributed by atoms with E-state index in [1.807, 2.05) is 12.1 Å². The molecule has 0 fully saturated rings. The number of hydrogen-bond acceptors (Lipinski definition) is 2. The summed E-state index contributed by atoms with van der Waals surface area (Å²) < 4.78 is 6.57. The molecule has 2 nitrogen and oxygen atoms in total. The third-order valence-corrected chi connectivity index (χ3v) is 4.27. The van der Waals surface area contributed by atoms with Crippen molar-refractivity contribution in [2.45, 2.75) is 19.4 Å². The van der Waals surface area contributed by atoms with Crippen LogP contribution in [0.25, 0.3) is 0 Å². The Bertz CT molecular complexity index is 603. The second kappa shape index (κ2) is 8.01. The van der Waals surface area contributed by atoms with Crippen molar-refractivity contribution in [2.75, 3.05) is 13.7 Å². The molecule has 2 rings (SSSR count). The number of ether oxygens (including phenoxy) is 1. The Morgan fingerprint density at radius 3 is 2.62 bits per heavy atom. The van der Waals surface area contributed by atoms with Gasteiger partial charge in [-0.25, -0.2) is 0 Å². The summed E-state index contributed by atoms with van der Waals surface area (Å²) in [6, 6.07) is 14.6. The van der Waals surface area contributed by atoms with Crippen LogP contribution in [-0.4, -0.2) is 13.7 Å². The summed E-state index contributed by atoms with van der Waals surface area (Å²) in [4.78, 5) is 0. The highest BCUT2D eigenvalue weighted by molar-refractivity contribution is 14.1. The molecule has 4 heteroatoms. The fraction of sp³-hybridized carbons (Fsp3) is 0.294. The van der Waals surface area contributed by atoms with Gasteiger partial charge in [0.25, 0.3) is 0 Å². The Balaban J connectivity index is 2.40. The molecule has 0 saturated heterocycles. The average Bonchev–Trinajstić information content (AvgIpc) is 2.49. The van der Waals surface area contributed by atoms with E-state index < -0.39 is 0 Å². The molecule has 1 unspecified atom stereocenters. The molecule has 0 aliphatic heterocycles. The van der Waals surface area contributed by atoms with Crippen LogP contribution in [0, 0.1) is 3.57 Å². The summed E-state index contributed by atoms with van der Waals surface area (Å²) in [7, 11) is 1.64. The van der Waals surface area contributed by atoms with Crippen LogP contribution >= 0.6 is 34.2 Å². The first-order valence-corrected chi connectivity index (χ1v) is 8.43. The van der Waals surface area contributed by atoms with Gasteiger partial charge in [0, 0.05) is 3.57 Å². The van der Waals surface area contributed by atoms with Crippen LogP contribution in [0.5, 0.6) is 5.75 Å². The lowest BCUT2D eigenvalue weighted by Crippen LogP contribution is -2.23. The van der Waals surface area contributed by atoms with Crippen molar-refractivity contribution < 1.29 is 4.74 Å². The third kappa shape index (κ3) is 4.34. The standard InChI is InChI=1S/C17H19ClINO/c1-3-9-20-17(12-5-4-6-14(19)10-12)13-7-8-15(18)16(11-13)21-2/h4-8,10-11,17,20H,3,9H2,1-2H3. The summed E-state index contributed by atoms with van der Waals surface area (Å²) in [6.07, 6.45) is 1.09. The zero-order chi connectivity index (χ0) is 15.2. The van der Waals surface area contributed by atoms with Gasteiger partial charge in [0.05, 0.1) is 18.2 Å². The maximum absolute atomic E-state index is 6.13. The predicted molar refractivity (Wildman–Crippen MR) is 97.3 cm³/mol. The van der Waals surface area contributed by atoms with Gasteiger partial charge >= 0.3 is 0 Å². The molecule has 2 aromatic carbocycles. The van der Waals surface area contributed by atoms with E-state index in [0.29, 0.717) is 10.8 Å². The molecule has 0 radical (unpaired) electrons.